The zero-order chi connectivity index (χ0) is 19.7. The Morgan fingerprint density at radius 2 is 1.89 bits per heavy atom. The van der Waals surface area contributed by atoms with Crippen molar-refractivity contribution in [2.75, 3.05) is 49.6 Å². The van der Waals surface area contributed by atoms with Crippen LogP contribution in [0.4, 0.5) is 11.6 Å². The molecule has 150 valence electrons. The predicted molar refractivity (Wildman–Crippen MR) is 106 cm³/mol. The molecule has 4 heterocycles. The van der Waals surface area contributed by atoms with E-state index in [2.05, 4.69) is 25.0 Å². The highest BCUT2D eigenvalue weighted by Gasteiger charge is 2.25. The third-order valence-corrected chi connectivity index (χ3v) is 5.66. The van der Waals surface area contributed by atoms with Gasteiger partial charge >= 0.3 is 0 Å². The number of nitrogens with zero attached hydrogens (tertiary/aromatic N) is 8. The number of likely N-dealkylation sites (N-methyl/N-ethyl adjacent to an activating group) is 1. The Balaban J connectivity index is 1.45. The molecule has 2 aromatic heterocycles. The highest BCUT2D eigenvalue weighted by Crippen LogP contribution is 2.25. The Labute approximate surface area is 165 Å². The Hall–Kier alpha value is -2.71. The number of piperazine rings is 1. The normalized spacial score (nSPS) is 20.8. The first-order chi connectivity index (χ1) is 13.5. The van der Waals surface area contributed by atoms with Gasteiger partial charge < -0.3 is 14.7 Å². The van der Waals surface area contributed by atoms with Crippen LogP contribution in [0, 0.1) is 19.8 Å². The third-order valence-electron chi connectivity index (χ3n) is 5.66. The van der Waals surface area contributed by atoms with Crippen molar-refractivity contribution < 1.29 is 4.79 Å². The Bertz CT molecular complexity index is 850. The molecule has 0 spiro atoms. The lowest BCUT2D eigenvalue weighted by molar-refractivity contribution is -0.129. The minimum atomic E-state index is 0.128. The summed E-state index contributed by atoms with van der Waals surface area (Å²) in [6.45, 7) is 8.65. The molecule has 0 radical (unpaired) electrons. The topological polar surface area (TPSA) is 83.3 Å². The third kappa shape index (κ3) is 3.93. The monoisotopic (exact) mass is 384 g/mol. The summed E-state index contributed by atoms with van der Waals surface area (Å²) >= 11 is 0. The second kappa shape index (κ2) is 7.73. The van der Waals surface area contributed by atoms with Gasteiger partial charge in [-0.3, -0.25) is 4.79 Å². The van der Waals surface area contributed by atoms with Gasteiger partial charge in [0, 0.05) is 45.8 Å². The maximum Gasteiger partial charge on any atom is 0.241 e. The molecule has 9 nitrogen and oxygen atoms in total. The molecule has 2 saturated heterocycles. The number of hydrogen-bond donors (Lipinski definition) is 0. The Kier molecular flexibility index (Phi) is 5.15. The number of carbonyl (C=O) groups excluding carboxylic acids is 1. The average molecular weight is 384 g/mol. The van der Waals surface area contributed by atoms with E-state index in [1.165, 1.54) is 6.42 Å². The highest BCUT2D eigenvalue weighted by atomic mass is 16.2. The van der Waals surface area contributed by atoms with Gasteiger partial charge in [0.25, 0.3) is 0 Å². The Morgan fingerprint density at radius 3 is 2.61 bits per heavy atom. The summed E-state index contributed by atoms with van der Waals surface area (Å²) in [7, 11) is 1.84. The minimum Gasteiger partial charge on any atom is -0.356 e. The van der Waals surface area contributed by atoms with Gasteiger partial charge in [0.2, 0.25) is 5.91 Å². The second-order valence-corrected chi connectivity index (χ2v) is 7.81. The van der Waals surface area contributed by atoms with Crippen LogP contribution in [0.1, 0.15) is 24.5 Å². The molecule has 2 fully saturated rings. The average Bonchev–Trinajstić information content (AvgIpc) is 3.01. The fraction of sp³-hybridized carbons (Fsp3) is 0.632. The summed E-state index contributed by atoms with van der Waals surface area (Å²) in [5, 5.41) is 4.51. The van der Waals surface area contributed by atoms with Crippen LogP contribution in [-0.2, 0) is 11.3 Å². The van der Waals surface area contributed by atoms with Crippen LogP contribution < -0.4 is 9.80 Å². The van der Waals surface area contributed by atoms with Gasteiger partial charge in [-0.05, 0) is 32.6 Å². The quantitative estimate of drug-likeness (QED) is 0.774. The fourth-order valence-electron chi connectivity index (χ4n) is 4.04. The van der Waals surface area contributed by atoms with E-state index in [4.69, 9.17) is 0 Å². The molecule has 1 atom stereocenters. The van der Waals surface area contributed by atoms with Gasteiger partial charge in [-0.15, -0.1) is 0 Å². The molecule has 1 unspecified atom stereocenters. The summed E-state index contributed by atoms with van der Waals surface area (Å²) in [5.41, 5.74) is 0. The molecular formula is C19H28N8O. The van der Waals surface area contributed by atoms with E-state index in [9.17, 15) is 4.79 Å². The van der Waals surface area contributed by atoms with Crippen LogP contribution in [-0.4, -0.2) is 75.3 Å². The van der Waals surface area contributed by atoms with Crippen molar-refractivity contribution in [2.45, 2.75) is 33.2 Å². The van der Waals surface area contributed by atoms with E-state index < -0.39 is 0 Å². The SMILES string of the molecule is Cc1nc(C)n(CC2CCCN(c3cc(N4CCN(C)C(=O)C4)ncn3)C2)n1. The van der Waals surface area contributed by atoms with Crippen LogP contribution >= 0.6 is 0 Å². The largest absolute Gasteiger partial charge is 0.356 e. The number of carbonyl (C=O) groups is 1. The zero-order valence-corrected chi connectivity index (χ0v) is 16.9. The van der Waals surface area contributed by atoms with Gasteiger partial charge in [0.1, 0.15) is 29.6 Å². The molecule has 0 saturated carbocycles. The first-order valence-electron chi connectivity index (χ1n) is 9.93. The van der Waals surface area contributed by atoms with Gasteiger partial charge in [0.15, 0.2) is 0 Å². The van der Waals surface area contributed by atoms with E-state index in [-0.39, 0.29) is 5.91 Å². The minimum absolute atomic E-state index is 0.128. The highest BCUT2D eigenvalue weighted by molar-refractivity contribution is 5.82. The van der Waals surface area contributed by atoms with Crippen LogP contribution in [0.3, 0.4) is 0 Å². The van der Waals surface area contributed by atoms with Crippen molar-refractivity contribution in [1.82, 2.24) is 29.6 Å². The molecule has 9 heteroatoms. The predicted octanol–water partition coefficient (Wildman–Crippen LogP) is 0.880. The number of piperidine rings is 1. The zero-order valence-electron chi connectivity index (χ0n) is 16.9. The van der Waals surface area contributed by atoms with E-state index in [1.54, 1.807) is 11.2 Å². The summed E-state index contributed by atoms with van der Waals surface area (Å²) < 4.78 is 2.02. The smallest absolute Gasteiger partial charge is 0.241 e. The molecule has 2 aliphatic heterocycles. The van der Waals surface area contributed by atoms with Crippen molar-refractivity contribution in [1.29, 1.82) is 0 Å². The first-order valence-corrected chi connectivity index (χ1v) is 9.93. The van der Waals surface area contributed by atoms with Gasteiger partial charge in [-0.2, -0.15) is 5.10 Å². The molecular weight excluding hydrogens is 356 g/mol. The summed E-state index contributed by atoms with van der Waals surface area (Å²) in [6, 6.07) is 2.02. The number of hydrogen-bond acceptors (Lipinski definition) is 7. The van der Waals surface area contributed by atoms with Crippen molar-refractivity contribution in [3.05, 3.63) is 24.0 Å². The summed E-state index contributed by atoms with van der Waals surface area (Å²) in [5.74, 6) is 4.20. The standard InChI is InChI=1S/C19H28N8O/c1-14-22-15(2)27(23-14)11-16-5-4-6-25(10-16)17-9-18(21-13-20-17)26-8-7-24(3)19(28)12-26/h9,13,16H,4-8,10-12H2,1-3H3. The molecule has 0 aromatic carbocycles. The van der Waals surface area contributed by atoms with Crippen LogP contribution in [0.2, 0.25) is 0 Å². The summed E-state index contributed by atoms with van der Waals surface area (Å²) in [6.07, 6.45) is 3.92. The fourth-order valence-corrected chi connectivity index (χ4v) is 4.04. The first kappa shape index (κ1) is 18.6. The lowest BCUT2D eigenvalue weighted by Gasteiger charge is -2.35. The second-order valence-electron chi connectivity index (χ2n) is 7.81. The van der Waals surface area contributed by atoms with Crippen molar-refractivity contribution in [3.63, 3.8) is 0 Å². The number of anilines is 2. The van der Waals surface area contributed by atoms with Gasteiger partial charge in [-0.25, -0.2) is 19.6 Å². The van der Waals surface area contributed by atoms with Crippen LogP contribution in [0.15, 0.2) is 12.4 Å². The lowest BCUT2D eigenvalue weighted by Crippen LogP contribution is -2.49. The molecule has 28 heavy (non-hydrogen) atoms. The molecule has 2 aliphatic rings. The molecule has 1 amide bonds. The van der Waals surface area contributed by atoms with Crippen molar-refractivity contribution in [3.8, 4) is 0 Å². The van der Waals surface area contributed by atoms with E-state index in [0.29, 0.717) is 12.5 Å². The molecule has 0 N–H and O–H groups in total. The van der Waals surface area contributed by atoms with Crippen molar-refractivity contribution in [2.24, 2.45) is 5.92 Å². The van der Waals surface area contributed by atoms with E-state index in [1.807, 2.05) is 36.5 Å². The lowest BCUT2D eigenvalue weighted by atomic mass is 9.98. The van der Waals surface area contributed by atoms with Crippen LogP contribution in [0.5, 0.6) is 0 Å². The van der Waals surface area contributed by atoms with Gasteiger partial charge in [0.05, 0.1) is 6.54 Å². The number of amides is 1. The number of aromatic nitrogens is 5. The van der Waals surface area contributed by atoms with Crippen molar-refractivity contribution >= 4 is 17.5 Å². The number of rotatable bonds is 4. The maximum atomic E-state index is 12.0. The molecule has 2 aromatic rings. The Morgan fingerprint density at radius 1 is 1.11 bits per heavy atom. The molecule has 4 rings (SSSR count). The van der Waals surface area contributed by atoms with Gasteiger partial charge in [-0.1, -0.05) is 0 Å². The van der Waals surface area contributed by atoms with Crippen LogP contribution in [0.25, 0.3) is 0 Å². The molecule has 0 bridgehead atoms. The molecule has 0 aliphatic carbocycles. The number of aryl methyl sites for hydroxylation is 2. The van der Waals surface area contributed by atoms with E-state index >= 15 is 0 Å². The van der Waals surface area contributed by atoms with E-state index in [0.717, 1.165) is 62.4 Å². The summed E-state index contributed by atoms with van der Waals surface area (Å²) in [4.78, 5) is 31.5. The maximum absolute atomic E-state index is 12.0.